The van der Waals surface area contributed by atoms with E-state index in [2.05, 4.69) is 43.5 Å². The van der Waals surface area contributed by atoms with Gasteiger partial charge in [-0.05, 0) is 38.8 Å². The fourth-order valence-corrected chi connectivity index (χ4v) is 2.44. The van der Waals surface area contributed by atoms with Gasteiger partial charge in [0.2, 0.25) is 0 Å². The number of hydrogen-bond acceptors (Lipinski definition) is 3. The lowest BCUT2D eigenvalue weighted by atomic mass is 10.4. The summed E-state index contributed by atoms with van der Waals surface area (Å²) in [5, 5.41) is 15.3. The second-order valence-electron chi connectivity index (χ2n) is 5.55. The normalized spacial score (nSPS) is 11.2. The van der Waals surface area contributed by atoms with Crippen LogP contribution in [0, 0.1) is 13.8 Å². The third-order valence-corrected chi connectivity index (χ3v) is 3.58. The van der Waals surface area contributed by atoms with Crippen molar-refractivity contribution >= 4 is 29.9 Å². The summed E-state index contributed by atoms with van der Waals surface area (Å²) in [7, 11) is 1.80. The number of nitrogens with one attached hydrogen (secondary N) is 2. The number of hydrogen-bond donors (Lipinski definition) is 2. The van der Waals surface area contributed by atoms with Crippen LogP contribution in [0.25, 0.3) is 0 Å². The maximum Gasteiger partial charge on any atom is 0.190 e. The van der Waals surface area contributed by atoms with Crippen molar-refractivity contribution in [3.63, 3.8) is 0 Å². The van der Waals surface area contributed by atoms with E-state index in [0.717, 1.165) is 50.7 Å². The maximum absolute atomic E-state index is 4.47. The largest absolute Gasteiger partial charge is 0.356 e. The highest BCUT2D eigenvalue weighted by atomic mass is 127. The Morgan fingerprint density at radius 2 is 1.88 bits per heavy atom. The third kappa shape index (κ3) is 6.90. The summed E-state index contributed by atoms with van der Waals surface area (Å²) >= 11 is 0. The fraction of sp³-hybridized carbons (Fsp3) is 0.562. The number of guanidine groups is 1. The van der Waals surface area contributed by atoms with Crippen molar-refractivity contribution in [3.05, 3.63) is 35.9 Å². The number of aryl methyl sites for hydroxylation is 4. The molecule has 0 aliphatic carbocycles. The molecule has 0 amide bonds. The first-order chi connectivity index (χ1) is 11.2. The molecule has 134 valence electrons. The Morgan fingerprint density at radius 1 is 1.17 bits per heavy atom. The smallest absolute Gasteiger partial charge is 0.190 e. The number of nitrogens with zero attached hydrogens (tertiary/aromatic N) is 5. The van der Waals surface area contributed by atoms with Crippen LogP contribution in [0.5, 0.6) is 0 Å². The average Bonchev–Trinajstić information content (AvgIpc) is 3.15. The van der Waals surface area contributed by atoms with Gasteiger partial charge in [0.25, 0.3) is 0 Å². The van der Waals surface area contributed by atoms with Gasteiger partial charge in [-0.15, -0.1) is 24.0 Å². The minimum absolute atomic E-state index is 0. The van der Waals surface area contributed by atoms with Crippen LogP contribution < -0.4 is 10.6 Å². The van der Waals surface area contributed by atoms with Gasteiger partial charge in [0, 0.05) is 51.3 Å². The van der Waals surface area contributed by atoms with Crippen molar-refractivity contribution in [1.29, 1.82) is 0 Å². The molecule has 8 heteroatoms. The van der Waals surface area contributed by atoms with Crippen molar-refractivity contribution in [1.82, 2.24) is 30.2 Å². The predicted octanol–water partition coefficient (Wildman–Crippen LogP) is 1.96. The molecular formula is C16H28IN7. The van der Waals surface area contributed by atoms with Crippen LogP contribution in [0.15, 0.2) is 29.5 Å². The van der Waals surface area contributed by atoms with Gasteiger partial charge in [0.15, 0.2) is 5.96 Å². The Kier molecular flexibility index (Phi) is 9.43. The molecule has 0 aliphatic rings. The molecule has 2 heterocycles. The molecule has 0 aromatic carbocycles. The highest BCUT2D eigenvalue weighted by Gasteiger charge is 2.01. The summed E-state index contributed by atoms with van der Waals surface area (Å²) in [6.07, 6.45) is 5.80. The Bertz CT molecular complexity index is 604. The summed E-state index contributed by atoms with van der Waals surface area (Å²) in [6.45, 7) is 7.69. The van der Waals surface area contributed by atoms with E-state index in [-0.39, 0.29) is 24.0 Å². The van der Waals surface area contributed by atoms with Crippen molar-refractivity contribution in [2.24, 2.45) is 4.99 Å². The lowest BCUT2D eigenvalue weighted by molar-refractivity contribution is 0.550. The van der Waals surface area contributed by atoms with Gasteiger partial charge in [0.1, 0.15) is 0 Å². The molecule has 2 aromatic rings. The molecule has 0 atom stereocenters. The molecule has 0 bridgehead atoms. The van der Waals surface area contributed by atoms with Gasteiger partial charge in [-0.3, -0.25) is 14.4 Å². The zero-order valence-corrected chi connectivity index (χ0v) is 17.0. The quantitative estimate of drug-likeness (QED) is 0.282. The van der Waals surface area contributed by atoms with Crippen LogP contribution in [0.3, 0.4) is 0 Å². The molecule has 2 N–H and O–H groups in total. The second-order valence-corrected chi connectivity index (χ2v) is 5.55. The molecule has 0 fully saturated rings. The van der Waals surface area contributed by atoms with E-state index >= 15 is 0 Å². The van der Waals surface area contributed by atoms with Gasteiger partial charge >= 0.3 is 0 Å². The average molecular weight is 445 g/mol. The zero-order chi connectivity index (χ0) is 16.5. The van der Waals surface area contributed by atoms with Crippen LogP contribution in [-0.2, 0) is 13.1 Å². The van der Waals surface area contributed by atoms with Gasteiger partial charge < -0.3 is 10.6 Å². The lowest BCUT2D eigenvalue weighted by Gasteiger charge is -2.12. The summed E-state index contributed by atoms with van der Waals surface area (Å²) in [5.74, 6) is 0.846. The van der Waals surface area contributed by atoms with E-state index in [1.165, 1.54) is 5.69 Å². The first kappa shape index (κ1) is 20.5. The van der Waals surface area contributed by atoms with E-state index in [4.69, 9.17) is 0 Å². The lowest BCUT2D eigenvalue weighted by Crippen LogP contribution is -2.38. The van der Waals surface area contributed by atoms with Crippen LogP contribution in [0.4, 0.5) is 0 Å². The first-order valence-electron chi connectivity index (χ1n) is 8.12. The summed E-state index contributed by atoms with van der Waals surface area (Å²) in [5.41, 5.74) is 2.29. The molecule has 0 saturated heterocycles. The molecule has 0 aliphatic heterocycles. The van der Waals surface area contributed by atoms with Gasteiger partial charge in [0.05, 0.1) is 5.69 Å². The van der Waals surface area contributed by atoms with Crippen LogP contribution in [-0.4, -0.2) is 45.7 Å². The second kappa shape index (κ2) is 11.1. The van der Waals surface area contributed by atoms with E-state index in [1.54, 1.807) is 13.2 Å². The summed E-state index contributed by atoms with van der Waals surface area (Å²) in [4.78, 5) is 4.24. The van der Waals surface area contributed by atoms with Crippen molar-refractivity contribution in [3.8, 4) is 0 Å². The zero-order valence-electron chi connectivity index (χ0n) is 14.7. The number of aliphatic imine (C=N–C) groups is 1. The van der Waals surface area contributed by atoms with E-state index in [1.807, 2.05) is 23.9 Å². The van der Waals surface area contributed by atoms with E-state index < -0.39 is 0 Å². The standard InChI is InChI=1S/C16H27N7.HI/c1-14-13-15(2)23(21-14)12-5-8-19-16(17-3)18-7-4-10-22-11-6-9-20-22;/h6,9,11,13H,4-5,7-8,10,12H2,1-3H3,(H2,17,18,19);1H. The Hall–Kier alpha value is -1.58. The minimum atomic E-state index is 0. The molecule has 0 spiro atoms. The number of halogens is 1. The van der Waals surface area contributed by atoms with Crippen LogP contribution >= 0.6 is 24.0 Å². The van der Waals surface area contributed by atoms with Crippen molar-refractivity contribution in [2.75, 3.05) is 20.1 Å². The van der Waals surface area contributed by atoms with E-state index in [0.29, 0.717) is 0 Å². The highest BCUT2D eigenvalue weighted by Crippen LogP contribution is 2.02. The summed E-state index contributed by atoms with van der Waals surface area (Å²) in [6, 6.07) is 4.05. The van der Waals surface area contributed by atoms with Gasteiger partial charge in [-0.1, -0.05) is 0 Å². The molecule has 0 saturated carbocycles. The molecule has 2 rings (SSSR count). The summed E-state index contributed by atoms with van der Waals surface area (Å²) < 4.78 is 3.99. The van der Waals surface area contributed by atoms with Gasteiger partial charge in [-0.25, -0.2) is 0 Å². The number of rotatable bonds is 8. The fourth-order valence-electron chi connectivity index (χ4n) is 2.44. The van der Waals surface area contributed by atoms with Gasteiger partial charge in [-0.2, -0.15) is 10.2 Å². The molecular weight excluding hydrogens is 417 g/mol. The van der Waals surface area contributed by atoms with Crippen molar-refractivity contribution in [2.45, 2.75) is 39.8 Å². The first-order valence-corrected chi connectivity index (χ1v) is 8.12. The SMILES string of the molecule is CN=C(NCCCn1cccn1)NCCCn1nc(C)cc1C.I. The Labute approximate surface area is 160 Å². The van der Waals surface area contributed by atoms with E-state index in [9.17, 15) is 0 Å². The van der Waals surface area contributed by atoms with Crippen LogP contribution in [0.1, 0.15) is 24.2 Å². The molecule has 7 nitrogen and oxygen atoms in total. The Morgan fingerprint density at radius 3 is 2.42 bits per heavy atom. The molecule has 24 heavy (non-hydrogen) atoms. The minimum Gasteiger partial charge on any atom is -0.356 e. The molecule has 0 radical (unpaired) electrons. The van der Waals surface area contributed by atoms with Crippen LogP contribution in [0.2, 0.25) is 0 Å². The monoisotopic (exact) mass is 445 g/mol. The highest BCUT2D eigenvalue weighted by molar-refractivity contribution is 14.0. The molecule has 2 aromatic heterocycles. The maximum atomic E-state index is 4.47. The number of aromatic nitrogens is 4. The Balaban J connectivity index is 0.00000288. The third-order valence-electron chi connectivity index (χ3n) is 3.58. The molecule has 0 unspecified atom stereocenters. The topological polar surface area (TPSA) is 72.1 Å². The predicted molar refractivity (Wildman–Crippen MR) is 108 cm³/mol. The van der Waals surface area contributed by atoms with Crippen molar-refractivity contribution < 1.29 is 0 Å².